The number of phosphoric acid groups is 1. The van der Waals surface area contributed by atoms with Crippen molar-refractivity contribution in [1.29, 1.82) is 0 Å². The van der Waals surface area contributed by atoms with Gasteiger partial charge in [0.1, 0.15) is 65.8 Å². The molecule has 19 nitrogen and oxygen atoms in total. The SMILES string of the molecule is COc1ccc(C(OC[C@H]2O[C@@H](n3cnc4c(N)ncnc43)C[C@@H]2O[P@]2(=O)OCC[C@@H]([C@H]3O[C@@H](n4cc(C)c(=O)[nH]c4=O)C[C@@H]3O[Si](c3ccccc3)(c3ccccc3)C(C)(C)C)O2)(c2ccccc2)c2ccc(OC)cc2)cc1. The molecule has 8 aromatic rings. The third-order valence-corrected chi connectivity index (χ3v) is 22.0. The lowest BCUT2D eigenvalue weighted by Crippen LogP contribution is -2.68. The van der Waals surface area contributed by atoms with Gasteiger partial charge in [0.25, 0.3) is 13.9 Å². The van der Waals surface area contributed by atoms with E-state index in [1.807, 2.05) is 115 Å². The van der Waals surface area contributed by atoms with E-state index in [9.17, 15) is 9.59 Å². The van der Waals surface area contributed by atoms with Crippen molar-refractivity contribution in [1.82, 2.24) is 29.1 Å². The van der Waals surface area contributed by atoms with Crippen molar-refractivity contribution < 1.29 is 46.2 Å². The van der Waals surface area contributed by atoms with Crippen LogP contribution in [-0.2, 0) is 42.4 Å². The summed E-state index contributed by atoms with van der Waals surface area (Å²) in [7, 11) is -4.62. The Hall–Kier alpha value is -7.10. The first-order valence-corrected chi connectivity index (χ1v) is 29.9. The van der Waals surface area contributed by atoms with E-state index in [2.05, 4.69) is 65.0 Å². The average Bonchev–Trinajstić information content (AvgIpc) is 4.33. The number of H-pyrrole nitrogens is 1. The molecular weight excluding hydrogens is 1060 g/mol. The standard InChI is InChI=1S/C59H64N7O12PSi/c1-38-34-65(57(68)64-56(38)67)50-33-48(78-80(58(2,3)4,44-18-12-8-13-19-44)45-20-14-9-15-21-45)53(75-50)46-30-31-73-79(69,76-46)77-47-32-51(66-37-63-52-54(60)61-36-62-55(52)66)74-49(47)35-72-59(39-16-10-7-11-17-39,40-22-26-42(70-5)27-23-40)41-24-28-43(71-6)29-25-41/h7-29,34,36-37,46-51,53H,30-33,35H2,1-6H3,(H2,60,61,62)(H,64,67,68)/t46-,47-,48-,49+,50+,51+,53+,79+/m0/s1. The van der Waals surface area contributed by atoms with Gasteiger partial charge in [-0.2, -0.15) is 0 Å². The molecule has 21 heteroatoms. The van der Waals surface area contributed by atoms with Gasteiger partial charge >= 0.3 is 13.5 Å². The van der Waals surface area contributed by atoms with E-state index in [0.29, 0.717) is 28.2 Å². The van der Waals surface area contributed by atoms with Crippen molar-refractivity contribution in [3.8, 4) is 11.5 Å². The Morgan fingerprint density at radius 2 is 1.31 bits per heavy atom. The lowest BCUT2D eigenvalue weighted by molar-refractivity contribution is -0.112. The summed E-state index contributed by atoms with van der Waals surface area (Å²) in [6.07, 6.45) is -1.27. The van der Waals surface area contributed by atoms with E-state index < -0.39 is 81.0 Å². The van der Waals surface area contributed by atoms with Crippen molar-refractivity contribution in [2.24, 2.45) is 0 Å². The molecule has 6 heterocycles. The number of nitrogens with two attached hydrogens (primary N) is 1. The molecule has 416 valence electrons. The molecule has 3 aliphatic rings. The van der Waals surface area contributed by atoms with Gasteiger partial charge in [0, 0.05) is 31.0 Å². The normalized spacial score (nSPS) is 23.6. The number of hydrogen-bond donors (Lipinski definition) is 2. The Morgan fingerprint density at radius 1 is 0.738 bits per heavy atom. The lowest BCUT2D eigenvalue weighted by Gasteiger charge is -2.46. The molecular formula is C59H64N7O12PSi. The minimum Gasteiger partial charge on any atom is -0.497 e. The van der Waals surface area contributed by atoms with E-state index in [0.717, 1.165) is 27.1 Å². The summed E-state index contributed by atoms with van der Waals surface area (Å²) in [5, 5.41) is 1.60. The van der Waals surface area contributed by atoms with E-state index in [1.165, 1.54) is 17.1 Å². The Bertz CT molecular complexity index is 3520. The number of aromatic nitrogens is 6. The van der Waals surface area contributed by atoms with Crippen molar-refractivity contribution in [3.63, 3.8) is 0 Å². The molecule has 0 bridgehead atoms. The number of methoxy groups -OCH3 is 2. The second-order valence-electron chi connectivity index (χ2n) is 21.2. The van der Waals surface area contributed by atoms with Gasteiger partial charge in [0.2, 0.25) is 0 Å². The summed E-state index contributed by atoms with van der Waals surface area (Å²) >= 11 is 0. The molecule has 0 aliphatic carbocycles. The highest BCUT2D eigenvalue weighted by atomic mass is 31.2. The Morgan fingerprint density at radius 3 is 1.91 bits per heavy atom. The zero-order chi connectivity index (χ0) is 55.8. The first-order chi connectivity index (χ1) is 38.6. The molecule has 3 N–H and O–H groups in total. The van der Waals surface area contributed by atoms with Gasteiger partial charge in [-0.05, 0) is 63.3 Å². The number of hydrogen-bond acceptors (Lipinski definition) is 16. The number of phosphoric ester groups is 1. The number of nitrogen functional groups attached to an aromatic ring is 1. The molecule has 11 rings (SSSR count). The Labute approximate surface area is 463 Å². The summed E-state index contributed by atoms with van der Waals surface area (Å²) in [5.41, 5.74) is 7.38. The highest BCUT2D eigenvalue weighted by Crippen LogP contribution is 2.58. The molecule has 0 amide bonds. The molecule has 3 aromatic heterocycles. The van der Waals surface area contributed by atoms with Crippen LogP contribution in [-0.4, -0.2) is 95.3 Å². The largest absolute Gasteiger partial charge is 0.497 e. The quantitative estimate of drug-likeness (QED) is 0.0499. The lowest BCUT2D eigenvalue weighted by atomic mass is 9.80. The van der Waals surface area contributed by atoms with Crippen molar-refractivity contribution in [2.75, 3.05) is 33.2 Å². The molecule has 0 radical (unpaired) electrons. The Balaban J connectivity index is 0.962. The zero-order valence-corrected chi connectivity index (χ0v) is 47.1. The zero-order valence-electron chi connectivity index (χ0n) is 45.2. The summed E-state index contributed by atoms with van der Waals surface area (Å²) in [5.74, 6) is 1.51. The minimum atomic E-state index is -4.54. The fourth-order valence-corrected chi connectivity index (χ4v) is 17.8. The monoisotopic (exact) mass is 1120 g/mol. The van der Waals surface area contributed by atoms with Gasteiger partial charge in [-0.25, -0.2) is 24.3 Å². The second-order valence-corrected chi connectivity index (χ2v) is 27.0. The van der Waals surface area contributed by atoms with E-state index >= 15 is 4.57 Å². The summed E-state index contributed by atoms with van der Waals surface area (Å²) in [4.78, 5) is 41.9. The van der Waals surface area contributed by atoms with Crippen LogP contribution in [0.1, 0.15) is 74.7 Å². The number of imidazole rings is 1. The van der Waals surface area contributed by atoms with Gasteiger partial charge in [-0.15, -0.1) is 0 Å². The van der Waals surface area contributed by atoms with Crippen LogP contribution in [0.3, 0.4) is 0 Å². The third kappa shape index (κ3) is 10.4. The first-order valence-electron chi connectivity index (χ1n) is 26.6. The van der Waals surface area contributed by atoms with Crippen LogP contribution in [0.5, 0.6) is 11.5 Å². The van der Waals surface area contributed by atoms with Crippen LogP contribution in [0.4, 0.5) is 5.82 Å². The predicted molar refractivity (Wildman–Crippen MR) is 302 cm³/mol. The molecule has 3 aliphatic heterocycles. The Kier molecular flexibility index (Phi) is 15.4. The van der Waals surface area contributed by atoms with Gasteiger partial charge in [0.15, 0.2) is 11.5 Å². The minimum absolute atomic E-state index is 0.0390. The fourth-order valence-electron chi connectivity index (χ4n) is 11.5. The smallest absolute Gasteiger partial charge is 0.475 e. The summed E-state index contributed by atoms with van der Waals surface area (Å²) in [6, 6.07) is 45.6. The topological polar surface area (TPSA) is 225 Å². The van der Waals surface area contributed by atoms with Crippen LogP contribution >= 0.6 is 7.82 Å². The molecule has 0 saturated carbocycles. The van der Waals surface area contributed by atoms with Crippen molar-refractivity contribution in [3.05, 3.63) is 201 Å². The second kappa shape index (κ2) is 22.4. The highest BCUT2D eigenvalue weighted by molar-refractivity contribution is 7.48. The van der Waals surface area contributed by atoms with E-state index in [-0.39, 0.29) is 38.3 Å². The molecule has 3 fully saturated rings. The van der Waals surface area contributed by atoms with E-state index in [1.54, 1.807) is 32.0 Å². The number of nitrogens with zero attached hydrogens (tertiary/aromatic N) is 5. The number of nitrogens with one attached hydrogen (secondary N) is 1. The first kappa shape index (κ1) is 54.8. The van der Waals surface area contributed by atoms with Gasteiger partial charge in [-0.3, -0.25) is 32.5 Å². The number of fused-ring (bicyclic) bond motifs is 1. The van der Waals surface area contributed by atoms with Crippen LogP contribution in [0, 0.1) is 6.92 Å². The molecule has 0 unspecified atom stereocenters. The number of aryl methyl sites for hydroxylation is 1. The highest BCUT2D eigenvalue weighted by Gasteiger charge is 2.57. The van der Waals surface area contributed by atoms with Crippen LogP contribution in [0.15, 0.2) is 168 Å². The van der Waals surface area contributed by atoms with Crippen molar-refractivity contribution in [2.45, 2.75) is 101 Å². The van der Waals surface area contributed by atoms with Gasteiger partial charge in [0.05, 0.1) is 39.9 Å². The van der Waals surface area contributed by atoms with Crippen LogP contribution in [0.25, 0.3) is 11.2 Å². The number of rotatable bonds is 17. The molecule has 0 spiro atoms. The number of benzene rings is 5. The fraction of sp³-hybridized carbons (Fsp3) is 0.339. The maximum Gasteiger partial charge on any atom is 0.475 e. The third-order valence-electron chi connectivity index (χ3n) is 15.4. The summed E-state index contributed by atoms with van der Waals surface area (Å²) < 4.78 is 78.4. The van der Waals surface area contributed by atoms with Crippen molar-refractivity contribution >= 4 is 43.5 Å². The maximum atomic E-state index is 15.6. The van der Waals surface area contributed by atoms with Crippen LogP contribution in [0.2, 0.25) is 5.04 Å². The predicted octanol–water partition coefficient (Wildman–Crippen LogP) is 8.11. The molecule has 5 aromatic carbocycles. The van der Waals surface area contributed by atoms with E-state index in [4.69, 9.17) is 47.4 Å². The molecule has 80 heavy (non-hydrogen) atoms. The average molecular weight is 1120 g/mol. The van der Waals surface area contributed by atoms with Crippen LogP contribution < -0.4 is 36.8 Å². The number of ether oxygens (including phenoxy) is 5. The maximum absolute atomic E-state index is 15.6. The molecule has 3 saturated heterocycles. The summed E-state index contributed by atoms with van der Waals surface area (Å²) in [6.45, 7) is 8.00. The molecule has 8 atom stereocenters. The van der Waals surface area contributed by atoms with Gasteiger partial charge < -0.3 is 33.8 Å². The van der Waals surface area contributed by atoms with Gasteiger partial charge in [-0.1, -0.05) is 136 Å². The number of anilines is 1. The number of aromatic amines is 1.